The van der Waals surface area contributed by atoms with Crippen LogP contribution in [-0.2, 0) is 6.42 Å². The van der Waals surface area contributed by atoms with Crippen molar-refractivity contribution in [1.29, 1.82) is 0 Å². The Balaban J connectivity index is 2.29. The molecule has 0 aliphatic carbocycles. The van der Waals surface area contributed by atoms with E-state index in [0.717, 1.165) is 12.2 Å². The highest BCUT2D eigenvalue weighted by Crippen LogP contribution is 2.34. The van der Waals surface area contributed by atoms with Crippen molar-refractivity contribution >= 4 is 11.4 Å². The molecule has 0 fully saturated rings. The van der Waals surface area contributed by atoms with Gasteiger partial charge in [0.1, 0.15) is 11.5 Å². The molecule has 0 N–H and O–H groups in total. The molecule has 0 amide bonds. The summed E-state index contributed by atoms with van der Waals surface area (Å²) >= 11 is 0. The third-order valence-corrected chi connectivity index (χ3v) is 2.73. The van der Waals surface area contributed by atoms with Gasteiger partial charge >= 0.3 is 0 Å². The van der Waals surface area contributed by atoms with Crippen LogP contribution in [0.4, 0.5) is 11.4 Å². The van der Waals surface area contributed by atoms with Gasteiger partial charge in [0.05, 0.1) is 13.1 Å². The van der Waals surface area contributed by atoms with Crippen LogP contribution in [0.5, 0.6) is 11.5 Å². The first-order chi connectivity index (χ1) is 9.26. The molecule has 2 aromatic rings. The minimum atomic E-state index is 0.319. The lowest BCUT2D eigenvalue weighted by atomic mass is 10.2. The molecule has 92 valence electrons. The van der Waals surface area contributed by atoms with Crippen molar-refractivity contribution in [3.8, 4) is 11.5 Å². The average Bonchev–Trinajstić information content (AvgIpc) is 2.47. The van der Waals surface area contributed by atoms with Crippen molar-refractivity contribution in [3.05, 3.63) is 70.9 Å². The number of ether oxygens (including phenoxy) is 1. The van der Waals surface area contributed by atoms with Crippen LogP contribution in [0.1, 0.15) is 12.5 Å². The summed E-state index contributed by atoms with van der Waals surface area (Å²) in [5.74, 6) is 1.32. The van der Waals surface area contributed by atoms with E-state index in [1.807, 2.05) is 24.3 Å². The maximum Gasteiger partial charge on any atom is 0.198 e. The number of hydrogen-bond acceptors (Lipinski definition) is 1. The van der Waals surface area contributed by atoms with Gasteiger partial charge in [0.15, 0.2) is 11.4 Å². The Hall–Kier alpha value is -2.78. The second kappa shape index (κ2) is 5.71. The van der Waals surface area contributed by atoms with E-state index in [0.29, 0.717) is 17.1 Å². The van der Waals surface area contributed by atoms with E-state index in [1.54, 1.807) is 18.2 Å². The summed E-state index contributed by atoms with van der Waals surface area (Å²) in [6, 6.07) is 12.7. The molecule has 0 unspecified atom stereocenters. The van der Waals surface area contributed by atoms with E-state index >= 15 is 0 Å². The van der Waals surface area contributed by atoms with Gasteiger partial charge in [-0.05, 0) is 36.2 Å². The maximum atomic E-state index is 7.05. The normalized spacial score (nSPS) is 9.42. The summed E-state index contributed by atoms with van der Waals surface area (Å²) in [6.45, 7) is 16.1. The molecule has 0 atom stereocenters. The molecule has 0 saturated heterocycles. The van der Waals surface area contributed by atoms with E-state index in [1.165, 1.54) is 5.56 Å². The van der Waals surface area contributed by atoms with Gasteiger partial charge in [0.25, 0.3) is 0 Å². The van der Waals surface area contributed by atoms with Gasteiger partial charge in [-0.15, -0.1) is 0 Å². The first kappa shape index (κ1) is 12.7. The van der Waals surface area contributed by atoms with Gasteiger partial charge in [-0.25, -0.2) is 4.85 Å². The van der Waals surface area contributed by atoms with E-state index in [4.69, 9.17) is 17.9 Å². The molecule has 0 aromatic heterocycles. The van der Waals surface area contributed by atoms with Crippen molar-refractivity contribution < 1.29 is 4.74 Å². The Morgan fingerprint density at radius 2 is 1.68 bits per heavy atom. The van der Waals surface area contributed by atoms with Crippen molar-refractivity contribution in [1.82, 2.24) is 0 Å². The molecular formula is C16H12N2O. The van der Waals surface area contributed by atoms with E-state index in [9.17, 15) is 0 Å². The lowest BCUT2D eigenvalue weighted by Gasteiger charge is -2.08. The van der Waals surface area contributed by atoms with Crippen molar-refractivity contribution in [2.75, 3.05) is 0 Å². The van der Waals surface area contributed by atoms with E-state index in [-0.39, 0.29) is 0 Å². The Bertz CT molecular complexity index is 678. The first-order valence-corrected chi connectivity index (χ1v) is 5.92. The second-order valence-electron chi connectivity index (χ2n) is 3.98. The highest BCUT2D eigenvalue weighted by atomic mass is 16.5. The zero-order valence-electron chi connectivity index (χ0n) is 10.6. The van der Waals surface area contributed by atoms with Crippen LogP contribution in [0.2, 0.25) is 0 Å². The SMILES string of the molecule is [C-]#[N+]c1ccc(Oc2cccc(CC)c2)cc1[N+]#[C-]. The molecular weight excluding hydrogens is 236 g/mol. The van der Waals surface area contributed by atoms with Gasteiger partial charge in [-0.2, -0.15) is 0 Å². The molecule has 19 heavy (non-hydrogen) atoms. The molecule has 0 saturated carbocycles. The Morgan fingerprint density at radius 3 is 2.37 bits per heavy atom. The predicted molar refractivity (Wildman–Crippen MR) is 74.9 cm³/mol. The molecule has 0 radical (unpaired) electrons. The fourth-order valence-corrected chi connectivity index (χ4v) is 1.72. The molecule has 3 nitrogen and oxygen atoms in total. The number of benzene rings is 2. The van der Waals surface area contributed by atoms with Crippen molar-refractivity contribution in [3.63, 3.8) is 0 Å². The van der Waals surface area contributed by atoms with Crippen molar-refractivity contribution in [2.24, 2.45) is 0 Å². The summed E-state index contributed by atoms with van der Waals surface area (Å²) < 4.78 is 5.72. The quantitative estimate of drug-likeness (QED) is 0.687. The minimum absolute atomic E-state index is 0.319. The Kier molecular flexibility index (Phi) is 3.81. The number of nitrogens with zero attached hydrogens (tertiary/aromatic N) is 2. The Labute approximate surface area is 112 Å². The molecule has 0 spiro atoms. The molecule has 0 bridgehead atoms. The molecule has 0 heterocycles. The van der Waals surface area contributed by atoms with Gasteiger partial charge < -0.3 is 4.74 Å². The third-order valence-electron chi connectivity index (χ3n) is 2.73. The number of hydrogen-bond donors (Lipinski definition) is 0. The summed E-state index contributed by atoms with van der Waals surface area (Å²) in [4.78, 5) is 6.63. The zero-order chi connectivity index (χ0) is 13.7. The highest BCUT2D eigenvalue weighted by molar-refractivity contribution is 5.72. The average molecular weight is 248 g/mol. The van der Waals surface area contributed by atoms with Gasteiger partial charge in [-0.1, -0.05) is 25.1 Å². The summed E-state index contributed by atoms with van der Waals surface area (Å²) in [7, 11) is 0. The van der Waals surface area contributed by atoms with Crippen LogP contribution in [0.25, 0.3) is 9.69 Å². The lowest BCUT2D eigenvalue weighted by molar-refractivity contribution is 0.482. The smallest absolute Gasteiger partial charge is 0.198 e. The van der Waals surface area contributed by atoms with Gasteiger partial charge in [0, 0.05) is 0 Å². The van der Waals surface area contributed by atoms with Crippen molar-refractivity contribution in [2.45, 2.75) is 13.3 Å². The largest absolute Gasteiger partial charge is 0.459 e. The molecule has 2 aromatic carbocycles. The Morgan fingerprint density at radius 1 is 0.947 bits per heavy atom. The summed E-state index contributed by atoms with van der Waals surface area (Å²) in [6.07, 6.45) is 0.946. The third kappa shape index (κ3) is 2.91. The first-order valence-electron chi connectivity index (χ1n) is 5.92. The van der Waals surface area contributed by atoms with Crippen LogP contribution in [0.3, 0.4) is 0 Å². The van der Waals surface area contributed by atoms with Crippen LogP contribution >= 0.6 is 0 Å². The van der Waals surface area contributed by atoms with E-state index in [2.05, 4.69) is 16.6 Å². The highest BCUT2D eigenvalue weighted by Gasteiger charge is 2.05. The van der Waals surface area contributed by atoms with Gasteiger partial charge in [-0.3, -0.25) is 4.85 Å². The minimum Gasteiger partial charge on any atom is -0.459 e. The molecule has 2 rings (SSSR count). The van der Waals surface area contributed by atoms with Crippen LogP contribution in [0.15, 0.2) is 42.5 Å². The summed E-state index contributed by atoms with van der Waals surface area (Å²) in [5.41, 5.74) is 1.87. The van der Waals surface area contributed by atoms with E-state index < -0.39 is 0 Å². The van der Waals surface area contributed by atoms with Gasteiger partial charge in [0.2, 0.25) is 0 Å². The zero-order valence-corrected chi connectivity index (χ0v) is 10.6. The fourth-order valence-electron chi connectivity index (χ4n) is 1.72. The van der Waals surface area contributed by atoms with Crippen LogP contribution < -0.4 is 4.74 Å². The number of rotatable bonds is 3. The predicted octanol–water partition coefficient (Wildman–Crippen LogP) is 5.14. The molecule has 3 heteroatoms. The summed E-state index contributed by atoms with van der Waals surface area (Å²) in [5, 5.41) is 0. The fraction of sp³-hybridized carbons (Fsp3) is 0.125. The molecule has 0 aliphatic heterocycles. The lowest BCUT2D eigenvalue weighted by Crippen LogP contribution is -1.86. The standard InChI is InChI=1S/C16H12N2O/c1-4-12-6-5-7-13(10-12)19-14-8-9-15(17-2)16(11-14)18-3/h5-11H,4H2,1H3. The maximum absolute atomic E-state index is 7.05. The number of aryl methyl sites for hydroxylation is 1. The van der Waals surface area contributed by atoms with Crippen LogP contribution in [-0.4, -0.2) is 0 Å². The monoisotopic (exact) mass is 248 g/mol. The molecule has 0 aliphatic rings. The second-order valence-corrected chi connectivity index (χ2v) is 3.98. The van der Waals surface area contributed by atoms with Crippen LogP contribution in [0, 0.1) is 13.1 Å². The topological polar surface area (TPSA) is 17.9 Å².